The van der Waals surface area contributed by atoms with Gasteiger partial charge < -0.3 is 5.11 Å². The first kappa shape index (κ1) is 7.48. The molecule has 0 saturated heterocycles. The highest BCUT2D eigenvalue weighted by molar-refractivity contribution is 5.90. The van der Waals surface area contributed by atoms with E-state index >= 15 is 0 Å². The molecule has 10 heavy (non-hydrogen) atoms. The van der Waals surface area contributed by atoms with E-state index in [1.807, 2.05) is 6.08 Å². The van der Waals surface area contributed by atoms with E-state index in [1.165, 1.54) is 0 Å². The van der Waals surface area contributed by atoms with Crippen molar-refractivity contribution in [2.24, 2.45) is 5.92 Å². The van der Waals surface area contributed by atoms with Crippen molar-refractivity contribution in [1.82, 2.24) is 0 Å². The molecule has 1 atom stereocenters. The maximum absolute atomic E-state index is 10.8. The Balaban J connectivity index is 2.36. The van der Waals surface area contributed by atoms with Gasteiger partial charge in [0.25, 0.3) is 0 Å². The molecule has 1 N–H and O–H groups in total. The summed E-state index contributed by atoms with van der Waals surface area (Å²) in [5, 5.41) is 8.57. The van der Waals surface area contributed by atoms with E-state index < -0.39 is 0 Å². The van der Waals surface area contributed by atoms with Gasteiger partial charge in [-0.15, -0.1) is 0 Å². The first-order chi connectivity index (χ1) is 4.83. The second-order valence-corrected chi connectivity index (χ2v) is 2.69. The molecule has 0 fully saturated rings. The normalized spacial score (nSPS) is 25.3. The van der Waals surface area contributed by atoms with Crippen LogP contribution in [0.3, 0.4) is 0 Å². The van der Waals surface area contributed by atoms with Gasteiger partial charge in [-0.25, -0.2) is 0 Å². The van der Waals surface area contributed by atoms with Crippen molar-refractivity contribution in [2.45, 2.75) is 19.3 Å². The average Bonchev–Trinajstić information content (AvgIpc) is 1.88. The monoisotopic (exact) mass is 140 g/mol. The summed E-state index contributed by atoms with van der Waals surface area (Å²) in [4.78, 5) is 10.8. The number of carbonyl (C=O) groups excluding carboxylic acids is 1. The van der Waals surface area contributed by atoms with Gasteiger partial charge in [-0.1, -0.05) is 6.08 Å². The van der Waals surface area contributed by atoms with Gasteiger partial charge in [0.05, 0.1) is 0 Å². The summed E-state index contributed by atoms with van der Waals surface area (Å²) in [7, 11) is 0. The second-order valence-electron chi connectivity index (χ2n) is 2.69. The van der Waals surface area contributed by atoms with Crippen molar-refractivity contribution >= 4 is 5.78 Å². The Morgan fingerprint density at radius 2 is 2.50 bits per heavy atom. The zero-order chi connectivity index (χ0) is 7.40. The molecule has 1 aliphatic rings. The minimum atomic E-state index is 0.199. The van der Waals surface area contributed by atoms with Crippen molar-refractivity contribution in [3.8, 4) is 0 Å². The van der Waals surface area contributed by atoms with E-state index in [0.29, 0.717) is 12.3 Å². The summed E-state index contributed by atoms with van der Waals surface area (Å²) in [6.45, 7) is 0.200. The summed E-state index contributed by atoms with van der Waals surface area (Å²) in [6.07, 6.45) is 5.86. The van der Waals surface area contributed by atoms with Gasteiger partial charge in [0.2, 0.25) is 0 Å². The average molecular weight is 140 g/mol. The fraction of sp³-hybridized carbons (Fsp3) is 0.625. The van der Waals surface area contributed by atoms with Gasteiger partial charge in [-0.05, 0) is 24.8 Å². The van der Waals surface area contributed by atoms with E-state index in [2.05, 4.69) is 0 Å². The van der Waals surface area contributed by atoms with E-state index in [1.54, 1.807) is 6.08 Å². The van der Waals surface area contributed by atoms with E-state index in [4.69, 9.17) is 5.11 Å². The molecule has 0 saturated carbocycles. The van der Waals surface area contributed by atoms with Gasteiger partial charge in [-0.2, -0.15) is 0 Å². The van der Waals surface area contributed by atoms with Crippen LogP contribution in [0.4, 0.5) is 0 Å². The molecule has 56 valence electrons. The van der Waals surface area contributed by atoms with Crippen LogP contribution in [0.25, 0.3) is 0 Å². The van der Waals surface area contributed by atoms with Gasteiger partial charge in [-0.3, -0.25) is 4.79 Å². The quantitative estimate of drug-likeness (QED) is 0.618. The Labute approximate surface area is 60.6 Å². The van der Waals surface area contributed by atoms with Gasteiger partial charge in [0, 0.05) is 13.0 Å². The first-order valence-electron chi connectivity index (χ1n) is 3.63. The summed E-state index contributed by atoms with van der Waals surface area (Å²) in [5.74, 6) is 0.590. The Hall–Kier alpha value is -0.630. The van der Waals surface area contributed by atoms with Crippen LogP contribution in [0.1, 0.15) is 19.3 Å². The van der Waals surface area contributed by atoms with Crippen LogP contribution in [0.15, 0.2) is 12.2 Å². The minimum Gasteiger partial charge on any atom is -0.396 e. The van der Waals surface area contributed by atoms with Crippen LogP contribution >= 0.6 is 0 Å². The fourth-order valence-electron chi connectivity index (χ4n) is 1.23. The lowest BCUT2D eigenvalue weighted by atomic mass is 9.91. The Morgan fingerprint density at radius 1 is 1.70 bits per heavy atom. The molecule has 0 bridgehead atoms. The summed E-state index contributed by atoms with van der Waals surface area (Å²) in [5.41, 5.74) is 0. The molecule has 0 aromatic rings. The molecule has 0 unspecified atom stereocenters. The highest BCUT2D eigenvalue weighted by atomic mass is 16.3. The number of aliphatic hydroxyl groups excluding tert-OH is 1. The number of hydrogen-bond donors (Lipinski definition) is 1. The smallest absolute Gasteiger partial charge is 0.155 e. The SMILES string of the molecule is O=C1C=CC[C@H](CCO)C1. The molecule has 2 nitrogen and oxygen atoms in total. The van der Waals surface area contributed by atoms with Crippen molar-refractivity contribution < 1.29 is 9.90 Å². The minimum absolute atomic E-state index is 0.199. The van der Waals surface area contributed by atoms with Crippen molar-refractivity contribution in [3.05, 3.63) is 12.2 Å². The molecule has 0 radical (unpaired) electrons. The molecule has 0 heterocycles. The molecule has 2 heteroatoms. The highest BCUT2D eigenvalue weighted by Gasteiger charge is 2.13. The third-order valence-electron chi connectivity index (χ3n) is 1.80. The van der Waals surface area contributed by atoms with Gasteiger partial charge in [0.15, 0.2) is 5.78 Å². The maximum Gasteiger partial charge on any atom is 0.155 e. The third kappa shape index (κ3) is 1.95. The van der Waals surface area contributed by atoms with Crippen molar-refractivity contribution in [1.29, 1.82) is 0 Å². The summed E-state index contributed by atoms with van der Waals surface area (Å²) in [6, 6.07) is 0. The molecule has 0 spiro atoms. The number of hydrogen-bond acceptors (Lipinski definition) is 2. The fourth-order valence-corrected chi connectivity index (χ4v) is 1.23. The lowest BCUT2D eigenvalue weighted by Gasteiger charge is -2.14. The van der Waals surface area contributed by atoms with Gasteiger partial charge in [0.1, 0.15) is 0 Å². The molecule has 0 aliphatic heterocycles. The first-order valence-corrected chi connectivity index (χ1v) is 3.63. The number of rotatable bonds is 2. The largest absolute Gasteiger partial charge is 0.396 e. The van der Waals surface area contributed by atoms with Crippen LogP contribution in [0.2, 0.25) is 0 Å². The molecule has 1 rings (SSSR count). The van der Waals surface area contributed by atoms with Crippen LogP contribution < -0.4 is 0 Å². The molecular formula is C8H12O2. The van der Waals surface area contributed by atoms with E-state index in [-0.39, 0.29) is 12.4 Å². The third-order valence-corrected chi connectivity index (χ3v) is 1.80. The molecule has 0 aromatic heterocycles. The lowest BCUT2D eigenvalue weighted by Crippen LogP contribution is -2.11. The second kappa shape index (κ2) is 3.52. The molecule has 1 aliphatic carbocycles. The Morgan fingerprint density at radius 3 is 3.10 bits per heavy atom. The van der Waals surface area contributed by atoms with Crippen LogP contribution in [-0.2, 0) is 4.79 Å². The topological polar surface area (TPSA) is 37.3 Å². The predicted molar refractivity (Wildman–Crippen MR) is 38.6 cm³/mol. The standard InChI is InChI=1S/C8H12O2/c9-5-4-7-2-1-3-8(10)6-7/h1,3,7,9H,2,4-6H2/t7-/m1/s1. The van der Waals surface area contributed by atoms with E-state index in [0.717, 1.165) is 12.8 Å². The van der Waals surface area contributed by atoms with Crippen LogP contribution in [0, 0.1) is 5.92 Å². The zero-order valence-electron chi connectivity index (χ0n) is 5.92. The number of carbonyl (C=O) groups is 1. The molecule has 0 amide bonds. The van der Waals surface area contributed by atoms with Crippen molar-refractivity contribution in [3.63, 3.8) is 0 Å². The van der Waals surface area contributed by atoms with Crippen LogP contribution in [0.5, 0.6) is 0 Å². The van der Waals surface area contributed by atoms with Crippen molar-refractivity contribution in [2.75, 3.05) is 6.61 Å². The predicted octanol–water partition coefficient (Wildman–Crippen LogP) is 0.904. The van der Waals surface area contributed by atoms with Crippen LogP contribution in [-0.4, -0.2) is 17.5 Å². The Kier molecular flexibility index (Phi) is 2.63. The van der Waals surface area contributed by atoms with E-state index in [9.17, 15) is 4.79 Å². The summed E-state index contributed by atoms with van der Waals surface area (Å²) < 4.78 is 0. The lowest BCUT2D eigenvalue weighted by molar-refractivity contribution is -0.115. The van der Waals surface area contributed by atoms with Gasteiger partial charge >= 0.3 is 0 Å². The Bertz CT molecular complexity index is 149. The maximum atomic E-state index is 10.8. The molecule has 0 aromatic carbocycles. The highest BCUT2D eigenvalue weighted by Crippen LogP contribution is 2.18. The number of ketones is 1. The zero-order valence-corrected chi connectivity index (χ0v) is 5.92. The molecular weight excluding hydrogens is 128 g/mol. The number of allylic oxidation sites excluding steroid dienone is 2. The summed E-state index contributed by atoms with van der Waals surface area (Å²) >= 11 is 0. The number of aliphatic hydroxyl groups is 1.